The lowest BCUT2D eigenvalue weighted by atomic mass is 10.3. The van der Waals surface area contributed by atoms with Gasteiger partial charge in [-0.1, -0.05) is 0 Å². The summed E-state index contributed by atoms with van der Waals surface area (Å²) in [6.07, 6.45) is 0. The number of nitrogens with zero attached hydrogens (tertiary/aromatic N) is 2. The number of amides is 1. The number of nitrogens with one attached hydrogen (secondary N) is 1. The zero-order valence-corrected chi connectivity index (χ0v) is 10.3. The Bertz CT molecular complexity index is 408. The standard InChI is InChI=1S/C10H13N3O3S/c1-6-3-4-9(13-12-6)17-5-8(10(15)16)11-7(2)14/h3-4,8H,5H2,1-2H3,(H,11,14)(H,15,16). The molecule has 1 heterocycles. The van der Waals surface area contributed by atoms with Crippen LogP contribution in [0.25, 0.3) is 0 Å². The average molecular weight is 255 g/mol. The molecule has 0 saturated carbocycles. The number of hydrogen-bond donors (Lipinski definition) is 2. The molecule has 7 heteroatoms. The molecule has 1 amide bonds. The molecule has 92 valence electrons. The Balaban J connectivity index is 2.54. The molecule has 0 aliphatic rings. The Morgan fingerprint density at radius 2 is 2.18 bits per heavy atom. The van der Waals surface area contributed by atoms with Crippen molar-refractivity contribution in [3.8, 4) is 0 Å². The highest BCUT2D eigenvalue weighted by molar-refractivity contribution is 7.99. The number of thioether (sulfide) groups is 1. The average Bonchev–Trinajstić information content (AvgIpc) is 2.25. The van der Waals surface area contributed by atoms with Crippen LogP contribution in [0.15, 0.2) is 17.2 Å². The van der Waals surface area contributed by atoms with Gasteiger partial charge in [0.15, 0.2) is 0 Å². The van der Waals surface area contributed by atoms with Crippen molar-refractivity contribution in [1.29, 1.82) is 0 Å². The van der Waals surface area contributed by atoms with Gasteiger partial charge in [-0.05, 0) is 19.1 Å². The van der Waals surface area contributed by atoms with E-state index in [1.807, 2.05) is 6.92 Å². The third kappa shape index (κ3) is 4.81. The van der Waals surface area contributed by atoms with E-state index in [-0.39, 0.29) is 11.7 Å². The Morgan fingerprint density at radius 1 is 1.47 bits per heavy atom. The number of carbonyl (C=O) groups is 2. The molecule has 1 rings (SSSR count). The molecule has 0 aromatic carbocycles. The first-order valence-electron chi connectivity index (χ1n) is 4.92. The lowest BCUT2D eigenvalue weighted by Crippen LogP contribution is -2.41. The van der Waals surface area contributed by atoms with Crippen LogP contribution in [-0.4, -0.2) is 39.0 Å². The van der Waals surface area contributed by atoms with Crippen molar-refractivity contribution in [2.45, 2.75) is 24.9 Å². The van der Waals surface area contributed by atoms with E-state index < -0.39 is 12.0 Å². The largest absolute Gasteiger partial charge is 0.480 e. The first-order valence-corrected chi connectivity index (χ1v) is 5.90. The third-order valence-corrected chi connectivity index (χ3v) is 2.86. The van der Waals surface area contributed by atoms with Gasteiger partial charge in [-0.15, -0.1) is 16.9 Å². The van der Waals surface area contributed by atoms with Crippen LogP contribution in [-0.2, 0) is 9.59 Å². The Labute approximate surface area is 103 Å². The summed E-state index contributed by atoms with van der Waals surface area (Å²) in [7, 11) is 0. The number of aliphatic carboxylic acids is 1. The maximum absolute atomic E-state index is 10.8. The molecule has 0 bridgehead atoms. The fourth-order valence-electron chi connectivity index (χ4n) is 1.05. The monoisotopic (exact) mass is 255 g/mol. The summed E-state index contributed by atoms with van der Waals surface area (Å²) in [5, 5.41) is 19.6. The zero-order valence-electron chi connectivity index (χ0n) is 9.51. The minimum Gasteiger partial charge on any atom is -0.480 e. The van der Waals surface area contributed by atoms with E-state index in [0.717, 1.165) is 5.69 Å². The van der Waals surface area contributed by atoms with Crippen LogP contribution >= 0.6 is 11.8 Å². The summed E-state index contributed by atoms with van der Waals surface area (Å²) in [6, 6.07) is 2.64. The molecule has 0 saturated heterocycles. The van der Waals surface area contributed by atoms with Crippen LogP contribution in [0, 0.1) is 6.92 Å². The van der Waals surface area contributed by atoms with E-state index in [1.165, 1.54) is 18.7 Å². The maximum atomic E-state index is 10.8. The quantitative estimate of drug-likeness (QED) is 0.743. The lowest BCUT2D eigenvalue weighted by Gasteiger charge is -2.11. The van der Waals surface area contributed by atoms with Gasteiger partial charge in [0.1, 0.15) is 11.1 Å². The van der Waals surface area contributed by atoms with E-state index in [2.05, 4.69) is 15.5 Å². The van der Waals surface area contributed by atoms with Gasteiger partial charge < -0.3 is 10.4 Å². The van der Waals surface area contributed by atoms with Crippen LogP contribution in [0.4, 0.5) is 0 Å². The van der Waals surface area contributed by atoms with Crippen LogP contribution < -0.4 is 5.32 Å². The van der Waals surface area contributed by atoms with Crippen molar-refractivity contribution in [2.24, 2.45) is 0 Å². The summed E-state index contributed by atoms with van der Waals surface area (Å²) < 4.78 is 0. The van der Waals surface area contributed by atoms with Crippen molar-refractivity contribution < 1.29 is 14.7 Å². The molecular weight excluding hydrogens is 242 g/mol. The molecule has 1 aromatic heterocycles. The van der Waals surface area contributed by atoms with Gasteiger partial charge in [0.25, 0.3) is 0 Å². The van der Waals surface area contributed by atoms with Gasteiger partial charge in [0.2, 0.25) is 5.91 Å². The van der Waals surface area contributed by atoms with Crippen LogP contribution in [0.2, 0.25) is 0 Å². The highest BCUT2D eigenvalue weighted by atomic mass is 32.2. The molecule has 0 fully saturated rings. The van der Waals surface area contributed by atoms with Gasteiger partial charge in [0, 0.05) is 12.7 Å². The van der Waals surface area contributed by atoms with E-state index in [9.17, 15) is 9.59 Å². The molecule has 0 aliphatic heterocycles. The normalized spacial score (nSPS) is 11.9. The minimum atomic E-state index is -1.06. The fraction of sp³-hybridized carbons (Fsp3) is 0.400. The van der Waals surface area contributed by atoms with Crippen molar-refractivity contribution in [1.82, 2.24) is 15.5 Å². The maximum Gasteiger partial charge on any atom is 0.327 e. The topological polar surface area (TPSA) is 92.2 Å². The summed E-state index contributed by atoms with van der Waals surface area (Å²) in [4.78, 5) is 21.6. The van der Waals surface area contributed by atoms with Gasteiger partial charge in [-0.2, -0.15) is 5.10 Å². The molecule has 0 aliphatic carbocycles. The molecule has 6 nitrogen and oxygen atoms in total. The Morgan fingerprint density at radius 3 is 2.65 bits per heavy atom. The predicted molar refractivity (Wildman–Crippen MR) is 62.7 cm³/mol. The second-order valence-electron chi connectivity index (χ2n) is 3.42. The predicted octanol–water partition coefficient (Wildman–Crippen LogP) is 0.466. The molecule has 1 unspecified atom stereocenters. The van der Waals surface area contributed by atoms with Gasteiger partial charge in [-0.3, -0.25) is 4.79 Å². The van der Waals surface area contributed by atoms with Crippen LogP contribution in [0.5, 0.6) is 0 Å². The van der Waals surface area contributed by atoms with Crippen LogP contribution in [0.1, 0.15) is 12.6 Å². The van der Waals surface area contributed by atoms with E-state index in [4.69, 9.17) is 5.11 Å². The number of aromatic nitrogens is 2. The molecule has 17 heavy (non-hydrogen) atoms. The summed E-state index contributed by atoms with van der Waals surface area (Å²) in [6.45, 7) is 3.10. The molecule has 0 spiro atoms. The van der Waals surface area contributed by atoms with Crippen molar-refractivity contribution in [2.75, 3.05) is 5.75 Å². The zero-order chi connectivity index (χ0) is 12.8. The summed E-state index contributed by atoms with van der Waals surface area (Å²) >= 11 is 1.24. The van der Waals surface area contributed by atoms with Crippen molar-refractivity contribution >= 4 is 23.6 Å². The number of rotatable bonds is 5. The van der Waals surface area contributed by atoms with Gasteiger partial charge in [-0.25, -0.2) is 4.79 Å². The number of aryl methyl sites for hydroxylation is 1. The molecule has 0 radical (unpaired) electrons. The van der Waals surface area contributed by atoms with Gasteiger partial charge in [0.05, 0.1) is 5.69 Å². The Kier molecular flexibility index (Phi) is 4.89. The number of carbonyl (C=O) groups excluding carboxylic acids is 1. The summed E-state index contributed by atoms with van der Waals surface area (Å²) in [5.74, 6) is -1.21. The molecule has 1 atom stereocenters. The molecule has 2 N–H and O–H groups in total. The first-order chi connectivity index (χ1) is 7.99. The highest BCUT2D eigenvalue weighted by Crippen LogP contribution is 2.15. The van der Waals surface area contributed by atoms with E-state index in [1.54, 1.807) is 12.1 Å². The van der Waals surface area contributed by atoms with Crippen molar-refractivity contribution in [3.05, 3.63) is 17.8 Å². The third-order valence-electron chi connectivity index (χ3n) is 1.85. The van der Waals surface area contributed by atoms with E-state index in [0.29, 0.717) is 5.03 Å². The lowest BCUT2D eigenvalue weighted by molar-refractivity contribution is -0.140. The second-order valence-corrected chi connectivity index (χ2v) is 4.46. The fourth-order valence-corrected chi connectivity index (χ4v) is 1.88. The highest BCUT2D eigenvalue weighted by Gasteiger charge is 2.18. The number of carboxylic acid groups (broad SMARTS) is 1. The summed E-state index contributed by atoms with van der Waals surface area (Å²) in [5.41, 5.74) is 0.797. The van der Waals surface area contributed by atoms with E-state index >= 15 is 0 Å². The van der Waals surface area contributed by atoms with Crippen molar-refractivity contribution in [3.63, 3.8) is 0 Å². The first kappa shape index (κ1) is 13.4. The molecular formula is C10H13N3O3S. The molecule has 1 aromatic rings. The van der Waals surface area contributed by atoms with Crippen LogP contribution in [0.3, 0.4) is 0 Å². The minimum absolute atomic E-state index is 0.215. The second kappa shape index (κ2) is 6.19. The smallest absolute Gasteiger partial charge is 0.327 e. The number of carboxylic acids is 1. The Hall–Kier alpha value is -1.63. The number of hydrogen-bond acceptors (Lipinski definition) is 5. The van der Waals surface area contributed by atoms with Gasteiger partial charge >= 0.3 is 5.97 Å². The SMILES string of the molecule is CC(=O)NC(CSc1ccc(C)nn1)C(=O)O.